The molecule has 2 N–H and O–H groups in total. The molecular weight excluding hydrogens is 265 g/mol. The molecule has 0 bridgehead atoms. The average molecular weight is 285 g/mol. The first-order valence-electron chi connectivity index (χ1n) is 6.04. The van der Waals surface area contributed by atoms with Crippen molar-refractivity contribution < 1.29 is 18.9 Å². The van der Waals surface area contributed by atoms with Gasteiger partial charge in [-0.15, -0.1) is 0 Å². The number of benzene rings is 1. The molecule has 0 radical (unpaired) electrons. The van der Waals surface area contributed by atoms with E-state index < -0.39 is 20.1 Å². The lowest BCUT2D eigenvalue weighted by Crippen LogP contribution is -2.27. The zero-order chi connectivity index (χ0) is 14.5. The largest absolute Gasteiger partial charge is 0.444 e. The maximum absolute atomic E-state index is 11.5. The summed E-state index contributed by atoms with van der Waals surface area (Å²) in [5.41, 5.74) is 0.0798. The molecule has 0 heterocycles. The fourth-order valence-corrected chi connectivity index (χ4v) is 2.09. The summed E-state index contributed by atoms with van der Waals surface area (Å²) < 4.78 is 10.3. The second-order valence-corrected chi connectivity index (χ2v) is 6.18. The van der Waals surface area contributed by atoms with Gasteiger partial charge >= 0.3 is 6.09 Å². The Bertz CT molecular complexity index is 414. The highest BCUT2D eigenvalue weighted by Gasteiger charge is 2.16. The summed E-state index contributed by atoms with van der Waals surface area (Å²) in [7, 11) is -1.57. The Balaban J connectivity index is 2.59. The normalized spacial score (nSPS) is 12.9. The number of hydrogen-bond acceptors (Lipinski definition) is 4. The summed E-state index contributed by atoms with van der Waals surface area (Å²) in [6.07, 6.45) is -0.503. The molecule has 0 aromatic heterocycles. The molecule has 106 valence electrons. The number of carbonyl (C=O) groups is 1. The summed E-state index contributed by atoms with van der Waals surface area (Å²) in [5, 5.41) is 3.32. The van der Waals surface area contributed by atoms with E-state index >= 15 is 0 Å². The van der Waals surface area contributed by atoms with Gasteiger partial charge in [0.25, 0.3) is 0 Å². The van der Waals surface area contributed by atoms with Crippen LogP contribution in [0.2, 0.25) is 0 Å². The van der Waals surface area contributed by atoms with Gasteiger partial charge < -0.3 is 14.2 Å². The van der Waals surface area contributed by atoms with Crippen LogP contribution < -0.4 is 10.6 Å². The lowest BCUT2D eigenvalue weighted by Gasteiger charge is -2.19. The Kier molecular flexibility index (Phi) is 5.73. The number of ether oxygens (including phenoxy) is 1. The fourth-order valence-electron chi connectivity index (χ4n) is 1.29. The quantitative estimate of drug-likeness (QED) is 0.834. The van der Waals surface area contributed by atoms with Crippen LogP contribution in [0.4, 0.5) is 10.5 Å². The van der Waals surface area contributed by atoms with Crippen LogP contribution in [0, 0.1) is 0 Å². The minimum absolute atomic E-state index is 0.458. The summed E-state index contributed by atoms with van der Waals surface area (Å²) in [4.78, 5) is 21.2. The van der Waals surface area contributed by atoms with E-state index in [1.807, 2.05) is 6.92 Å². The first kappa shape index (κ1) is 15.9. The number of anilines is 1. The smallest absolute Gasteiger partial charge is 0.412 e. The van der Waals surface area contributed by atoms with Gasteiger partial charge in [0.05, 0.1) is 6.61 Å². The van der Waals surface area contributed by atoms with Crippen LogP contribution in [0.1, 0.15) is 27.7 Å². The van der Waals surface area contributed by atoms with Gasteiger partial charge in [0, 0.05) is 11.0 Å². The number of rotatable bonds is 4. The Morgan fingerprint density at radius 3 is 2.37 bits per heavy atom. The van der Waals surface area contributed by atoms with Crippen molar-refractivity contribution in [3.05, 3.63) is 24.3 Å². The first-order chi connectivity index (χ1) is 8.81. The minimum Gasteiger partial charge on any atom is -0.444 e. The standard InChI is InChI=1S/C13H20NO4P/c1-5-17-19(16)11-8-6-10(7-9-11)14-12(15)18-13(2,3)4/h6-9,16H,5H2,1-4H3,(H,14,15). The second kappa shape index (κ2) is 6.85. The van der Waals surface area contributed by atoms with Crippen molar-refractivity contribution in [2.75, 3.05) is 11.9 Å². The van der Waals surface area contributed by atoms with Gasteiger partial charge in [-0.3, -0.25) is 5.32 Å². The predicted molar refractivity (Wildman–Crippen MR) is 76.7 cm³/mol. The van der Waals surface area contributed by atoms with Crippen LogP contribution in [0.15, 0.2) is 24.3 Å². The molecule has 1 amide bonds. The zero-order valence-corrected chi connectivity index (χ0v) is 12.5. The molecule has 0 saturated carbocycles. The Morgan fingerprint density at radius 1 is 1.32 bits per heavy atom. The number of carbonyl (C=O) groups excluding carboxylic acids is 1. The van der Waals surface area contributed by atoms with Gasteiger partial charge in [-0.1, -0.05) is 0 Å². The van der Waals surface area contributed by atoms with E-state index in [1.165, 1.54) is 0 Å². The van der Waals surface area contributed by atoms with Crippen molar-refractivity contribution in [3.63, 3.8) is 0 Å². The second-order valence-electron chi connectivity index (χ2n) is 4.86. The van der Waals surface area contributed by atoms with Crippen LogP contribution >= 0.6 is 8.38 Å². The molecule has 1 aromatic carbocycles. The SMILES string of the molecule is CCOP(O)c1ccc(NC(=O)OC(C)(C)C)cc1. The third-order valence-electron chi connectivity index (χ3n) is 1.98. The highest BCUT2D eigenvalue weighted by atomic mass is 31.2. The molecule has 1 aromatic rings. The summed E-state index contributed by atoms with van der Waals surface area (Å²) >= 11 is 0. The third-order valence-corrected chi connectivity index (χ3v) is 3.23. The number of nitrogens with one attached hydrogen (secondary N) is 1. The fraction of sp³-hybridized carbons (Fsp3) is 0.462. The Morgan fingerprint density at radius 2 is 1.89 bits per heavy atom. The molecule has 0 saturated heterocycles. The highest BCUT2D eigenvalue weighted by molar-refractivity contribution is 7.55. The molecule has 0 aliphatic rings. The van der Waals surface area contributed by atoms with E-state index in [0.717, 1.165) is 0 Å². The average Bonchev–Trinajstić information content (AvgIpc) is 2.27. The molecule has 0 aliphatic carbocycles. The van der Waals surface area contributed by atoms with Crippen molar-refractivity contribution in [1.82, 2.24) is 0 Å². The van der Waals surface area contributed by atoms with Crippen molar-refractivity contribution in [2.45, 2.75) is 33.3 Å². The number of hydrogen-bond donors (Lipinski definition) is 2. The molecular formula is C13H20NO4P. The Hall–Kier alpha value is -1.16. The third kappa shape index (κ3) is 6.01. The van der Waals surface area contributed by atoms with Crippen LogP contribution in [0.5, 0.6) is 0 Å². The van der Waals surface area contributed by atoms with Crippen LogP contribution in [0.25, 0.3) is 0 Å². The molecule has 0 fully saturated rings. The number of amides is 1. The Labute approximate surface area is 114 Å². The van der Waals surface area contributed by atoms with Crippen LogP contribution in [-0.2, 0) is 9.26 Å². The summed E-state index contributed by atoms with van der Waals surface area (Å²) in [6, 6.07) is 6.83. The highest BCUT2D eigenvalue weighted by Crippen LogP contribution is 2.30. The van der Waals surface area contributed by atoms with Crippen molar-refractivity contribution in [1.29, 1.82) is 0 Å². The van der Waals surface area contributed by atoms with E-state index in [4.69, 9.17) is 9.26 Å². The van der Waals surface area contributed by atoms with E-state index in [2.05, 4.69) is 5.32 Å². The monoisotopic (exact) mass is 285 g/mol. The molecule has 0 aliphatic heterocycles. The van der Waals surface area contributed by atoms with E-state index in [0.29, 0.717) is 17.6 Å². The van der Waals surface area contributed by atoms with Crippen LogP contribution in [0.3, 0.4) is 0 Å². The molecule has 1 unspecified atom stereocenters. The molecule has 1 rings (SSSR count). The molecule has 6 heteroatoms. The van der Waals surface area contributed by atoms with Gasteiger partial charge in [0.2, 0.25) is 8.38 Å². The lowest BCUT2D eigenvalue weighted by molar-refractivity contribution is 0.0636. The van der Waals surface area contributed by atoms with E-state index in [1.54, 1.807) is 45.0 Å². The van der Waals surface area contributed by atoms with Gasteiger partial charge in [0.1, 0.15) is 5.60 Å². The van der Waals surface area contributed by atoms with Crippen molar-refractivity contribution in [3.8, 4) is 0 Å². The molecule has 1 atom stereocenters. The maximum Gasteiger partial charge on any atom is 0.412 e. The summed E-state index contributed by atoms with van der Waals surface area (Å²) in [6.45, 7) is 7.69. The maximum atomic E-state index is 11.5. The van der Waals surface area contributed by atoms with Crippen molar-refractivity contribution >= 4 is 25.5 Å². The molecule has 0 spiro atoms. The van der Waals surface area contributed by atoms with Gasteiger partial charge in [-0.2, -0.15) is 0 Å². The van der Waals surface area contributed by atoms with Gasteiger partial charge in [0.15, 0.2) is 0 Å². The lowest BCUT2D eigenvalue weighted by atomic mass is 10.2. The topological polar surface area (TPSA) is 67.8 Å². The summed E-state index contributed by atoms with van der Waals surface area (Å²) in [5.74, 6) is 0. The zero-order valence-electron chi connectivity index (χ0n) is 11.6. The minimum atomic E-state index is -1.57. The molecule has 5 nitrogen and oxygen atoms in total. The van der Waals surface area contributed by atoms with Gasteiger partial charge in [-0.25, -0.2) is 4.79 Å². The molecule has 19 heavy (non-hydrogen) atoms. The predicted octanol–water partition coefficient (Wildman–Crippen LogP) is 3.00. The van der Waals surface area contributed by atoms with E-state index in [9.17, 15) is 9.69 Å². The van der Waals surface area contributed by atoms with Crippen molar-refractivity contribution in [2.24, 2.45) is 0 Å². The first-order valence-corrected chi connectivity index (χ1v) is 7.25. The van der Waals surface area contributed by atoms with Crippen LogP contribution in [-0.4, -0.2) is 23.2 Å². The van der Waals surface area contributed by atoms with E-state index in [-0.39, 0.29) is 0 Å². The van der Waals surface area contributed by atoms with Gasteiger partial charge in [-0.05, 0) is 52.0 Å².